The zero-order chi connectivity index (χ0) is 23.8. The van der Waals surface area contributed by atoms with Crippen molar-refractivity contribution in [2.75, 3.05) is 20.3 Å². The number of carbonyl (C=O) groups is 1. The molecular formula is C27H32N2O4. The SMILES string of the molecule is COc1ccc(/C=C(\C#N)C(=O)NC[C@H]2CCCO2)cc1COc1ccc(C(C)(C)C)cc1. The second-order valence-electron chi connectivity index (χ2n) is 9.15. The maximum absolute atomic E-state index is 12.4. The minimum Gasteiger partial charge on any atom is -0.496 e. The molecule has 33 heavy (non-hydrogen) atoms. The summed E-state index contributed by atoms with van der Waals surface area (Å²) in [4.78, 5) is 12.4. The number of methoxy groups -OCH3 is 1. The van der Waals surface area contributed by atoms with Crippen LogP contribution in [-0.2, 0) is 21.6 Å². The Hall–Kier alpha value is -3.30. The van der Waals surface area contributed by atoms with E-state index in [1.165, 1.54) is 5.56 Å². The molecule has 1 aliphatic heterocycles. The highest BCUT2D eigenvalue weighted by atomic mass is 16.5. The number of carbonyl (C=O) groups excluding carboxylic acids is 1. The predicted octanol–water partition coefficient (Wildman–Crippen LogP) is 4.77. The number of hydrogen-bond acceptors (Lipinski definition) is 5. The van der Waals surface area contributed by atoms with E-state index in [4.69, 9.17) is 14.2 Å². The molecule has 1 saturated heterocycles. The smallest absolute Gasteiger partial charge is 0.262 e. The lowest BCUT2D eigenvalue weighted by Gasteiger charge is -2.19. The van der Waals surface area contributed by atoms with Gasteiger partial charge in [0.2, 0.25) is 0 Å². The van der Waals surface area contributed by atoms with Crippen LogP contribution >= 0.6 is 0 Å². The summed E-state index contributed by atoms with van der Waals surface area (Å²) in [5.41, 5.74) is 2.91. The lowest BCUT2D eigenvalue weighted by Crippen LogP contribution is -2.32. The first-order chi connectivity index (χ1) is 15.8. The summed E-state index contributed by atoms with van der Waals surface area (Å²) >= 11 is 0. The summed E-state index contributed by atoms with van der Waals surface area (Å²) in [6.45, 7) is 7.94. The molecule has 0 radical (unpaired) electrons. The van der Waals surface area contributed by atoms with Crippen molar-refractivity contribution in [1.29, 1.82) is 5.26 Å². The maximum Gasteiger partial charge on any atom is 0.262 e. The highest BCUT2D eigenvalue weighted by Gasteiger charge is 2.18. The van der Waals surface area contributed by atoms with Crippen LogP contribution in [0.2, 0.25) is 0 Å². The summed E-state index contributed by atoms with van der Waals surface area (Å²) in [6, 6.07) is 15.5. The van der Waals surface area contributed by atoms with Crippen LogP contribution in [0.4, 0.5) is 0 Å². The van der Waals surface area contributed by atoms with Gasteiger partial charge in [0, 0.05) is 18.7 Å². The van der Waals surface area contributed by atoms with Crippen LogP contribution in [0.1, 0.15) is 50.3 Å². The molecule has 1 atom stereocenters. The van der Waals surface area contributed by atoms with Crippen molar-refractivity contribution >= 4 is 12.0 Å². The minimum atomic E-state index is -0.402. The summed E-state index contributed by atoms with van der Waals surface area (Å²) in [6.07, 6.45) is 3.52. The fourth-order valence-corrected chi connectivity index (χ4v) is 3.64. The fraction of sp³-hybridized carbons (Fsp3) is 0.407. The molecule has 6 nitrogen and oxygen atoms in total. The van der Waals surface area contributed by atoms with Crippen LogP contribution in [0, 0.1) is 11.3 Å². The molecule has 1 fully saturated rings. The molecule has 0 spiro atoms. The van der Waals surface area contributed by atoms with E-state index in [1.807, 2.05) is 36.4 Å². The van der Waals surface area contributed by atoms with Gasteiger partial charge in [-0.05, 0) is 59.7 Å². The van der Waals surface area contributed by atoms with E-state index >= 15 is 0 Å². The summed E-state index contributed by atoms with van der Waals surface area (Å²) < 4.78 is 17.0. The second kappa shape index (κ2) is 11.0. The Morgan fingerprint density at radius 3 is 2.61 bits per heavy atom. The number of nitriles is 1. The number of rotatable bonds is 8. The van der Waals surface area contributed by atoms with Gasteiger partial charge in [0.15, 0.2) is 0 Å². The van der Waals surface area contributed by atoms with Gasteiger partial charge in [0.25, 0.3) is 5.91 Å². The molecule has 1 aliphatic rings. The third kappa shape index (κ3) is 6.84. The van der Waals surface area contributed by atoms with Crippen molar-refractivity contribution < 1.29 is 19.0 Å². The average Bonchev–Trinajstić information content (AvgIpc) is 3.33. The Labute approximate surface area is 196 Å². The summed E-state index contributed by atoms with van der Waals surface area (Å²) in [7, 11) is 1.60. The number of nitrogens with one attached hydrogen (secondary N) is 1. The van der Waals surface area contributed by atoms with E-state index in [0.717, 1.165) is 36.3 Å². The molecule has 1 heterocycles. The number of nitrogens with zero attached hydrogens (tertiary/aromatic N) is 1. The third-order valence-electron chi connectivity index (χ3n) is 5.61. The molecule has 2 aromatic carbocycles. The molecular weight excluding hydrogens is 416 g/mol. The van der Waals surface area contributed by atoms with Crippen molar-refractivity contribution in [3.8, 4) is 17.6 Å². The Kier molecular flexibility index (Phi) is 8.13. The van der Waals surface area contributed by atoms with E-state index < -0.39 is 5.91 Å². The third-order valence-corrected chi connectivity index (χ3v) is 5.61. The van der Waals surface area contributed by atoms with E-state index in [1.54, 1.807) is 13.2 Å². The Morgan fingerprint density at radius 1 is 1.24 bits per heavy atom. The number of benzene rings is 2. The molecule has 1 N–H and O–H groups in total. The van der Waals surface area contributed by atoms with Crippen LogP contribution in [0.5, 0.6) is 11.5 Å². The quantitative estimate of drug-likeness (QED) is 0.465. The minimum absolute atomic E-state index is 0.0242. The Bertz CT molecular complexity index is 1020. The van der Waals surface area contributed by atoms with Crippen molar-refractivity contribution in [2.24, 2.45) is 0 Å². The van der Waals surface area contributed by atoms with E-state index in [2.05, 4.69) is 38.2 Å². The van der Waals surface area contributed by atoms with Crippen LogP contribution in [-0.4, -0.2) is 32.3 Å². The predicted molar refractivity (Wildman–Crippen MR) is 128 cm³/mol. The maximum atomic E-state index is 12.4. The monoisotopic (exact) mass is 448 g/mol. The van der Waals surface area contributed by atoms with Gasteiger partial charge >= 0.3 is 0 Å². The zero-order valence-electron chi connectivity index (χ0n) is 19.8. The first-order valence-corrected chi connectivity index (χ1v) is 11.2. The van der Waals surface area contributed by atoms with Crippen LogP contribution < -0.4 is 14.8 Å². The van der Waals surface area contributed by atoms with Crippen molar-refractivity contribution in [3.63, 3.8) is 0 Å². The molecule has 0 aliphatic carbocycles. The molecule has 6 heteroatoms. The van der Waals surface area contributed by atoms with Gasteiger partial charge in [0.05, 0.1) is 13.2 Å². The van der Waals surface area contributed by atoms with Crippen LogP contribution in [0.25, 0.3) is 6.08 Å². The number of hydrogen-bond donors (Lipinski definition) is 1. The van der Waals surface area contributed by atoms with E-state index in [-0.39, 0.29) is 17.1 Å². The lowest BCUT2D eigenvalue weighted by molar-refractivity contribution is -0.117. The highest BCUT2D eigenvalue weighted by molar-refractivity contribution is 6.01. The van der Waals surface area contributed by atoms with Gasteiger partial charge in [-0.3, -0.25) is 4.79 Å². The van der Waals surface area contributed by atoms with Crippen molar-refractivity contribution in [1.82, 2.24) is 5.32 Å². The average molecular weight is 449 g/mol. The number of amides is 1. The molecule has 0 saturated carbocycles. The Morgan fingerprint density at radius 2 is 2.00 bits per heavy atom. The molecule has 0 unspecified atom stereocenters. The summed E-state index contributed by atoms with van der Waals surface area (Å²) in [5, 5.41) is 12.3. The topological polar surface area (TPSA) is 80.6 Å². The zero-order valence-corrected chi connectivity index (χ0v) is 19.8. The first-order valence-electron chi connectivity index (χ1n) is 11.2. The second-order valence-corrected chi connectivity index (χ2v) is 9.15. The Balaban J connectivity index is 1.69. The fourth-order valence-electron chi connectivity index (χ4n) is 3.64. The van der Waals surface area contributed by atoms with Crippen LogP contribution in [0.3, 0.4) is 0 Å². The van der Waals surface area contributed by atoms with Gasteiger partial charge in [0.1, 0.15) is 29.7 Å². The van der Waals surface area contributed by atoms with Gasteiger partial charge in [-0.2, -0.15) is 5.26 Å². The van der Waals surface area contributed by atoms with Crippen molar-refractivity contribution in [3.05, 3.63) is 64.7 Å². The van der Waals surface area contributed by atoms with E-state index in [0.29, 0.717) is 18.9 Å². The van der Waals surface area contributed by atoms with E-state index in [9.17, 15) is 10.1 Å². The molecule has 174 valence electrons. The highest BCUT2D eigenvalue weighted by Crippen LogP contribution is 2.26. The van der Waals surface area contributed by atoms with Crippen LogP contribution in [0.15, 0.2) is 48.0 Å². The standard InChI is InChI=1S/C27H32N2O4/c1-27(2,3)22-8-10-23(11-9-22)33-18-21-15-19(7-12-25(21)31-4)14-20(16-28)26(30)29-17-24-6-5-13-32-24/h7-12,14-15,24H,5-6,13,17-18H2,1-4H3,(H,29,30)/b20-14+/t24-/m1/s1. The van der Waals surface area contributed by atoms with Gasteiger partial charge < -0.3 is 19.5 Å². The lowest BCUT2D eigenvalue weighted by atomic mass is 9.87. The molecule has 1 amide bonds. The van der Waals surface area contributed by atoms with Crippen molar-refractivity contribution in [2.45, 2.75) is 51.7 Å². The van der Waals surface area contributed by atoms with Gasteiger partial charge in [-0.1, -0.05) is 39.0 Å². The van der Waals surface area contributed by atoms with Gasteiger partial charge in [-0.25, -0.2) is 0 Å². The molecule has 3 rings (SSSR count). The summed E-state index contributed by atoms with van der Waals surface area (Å²) in [5.74, 6) is 1.04. The first kappa shape index (κ1) is 24.3. The molecule has 0 bridgehead atoms. The van der Waals surface area contributed by atoms with Gasteiger partial charge in [-0.15, -0.1) is 0 Å². The number of ether oxygens (including phenoxy) is 3. The molecule has 2 aromatic rings. The molecule has 0 aromatic heterocycles. The largest absolute Gasteiger partial charge is 0.496 e. The normalized spacial score (nSPS) is 16.2.